The van der Waals surface area contributed by atoms with Gasteiger partial charge in [-0.3, -0.25) is 18.7 Å². The molecule has 0 spiro atoms. The van der Waals surface area contributed by atoms with E-state index in [2.05, 4.69) is 0 Å². The third-order valence-corrected chi connectivity index (χ3v) is 4.98. The Balaban J connectivity index is 2.26. The highest BCUT2D eigenvalue weighted by molar-refractivity contribution is 7.85. The van der Waals surface area contributed by atoms with Gasteiger partial charge in [0.15, 0.2) is 5.76 Å². The zero-order chi connectivity index (χ0) is 19.1. The topological polar surface area (TPSA) is 127 Å². The normalized spacial score (nSPS) is 11.8. The zero-order valence-electron chi connectivity index (χ0n) is 13.7. The van der Waals surface area contributed by atoms with Crippen LogP contribution in [0.25, 0.3) is 10.9 Å². The Morgan fingerprint density at radius 3 is 2.54 bits per heavy atom. The molecule has 26 heavy (non-hydrogen) atoms. The predicted molar refractivity (Wildman–Crippen MR) is 90.9 cm³/mol. The van der Waals surface area contributed by atoms with Crippen molar-refractivity contribution in [2.45, 2.75) is 24.7 Å². The summed E-state index contributed by atoms with van der Waals surface area (Å²) in [5, 5.41) is 9.35. The van der Waals surface area contributed by atoms with Crippen LogP contribution in [-0.4, -0.2) is 34.5 Å². The van der Waals surface area contributed by atoms with Crippen molar-refractivity contribution >= 4 is 32.9 Å². The summed E-state index contributed by atoms with van der Waals surface area (Å²) >= 11 is 0. The molecule has 0 amide bonds. The number of rotatable bonds is 5. The summed E-state index contributed by atoms with van der Waals surface area (Å²) in [7, 11) is -4.44. The molecule has 1 aromatic carbocycles. The Labute approximate surface area is 148 Å². The highest BCUT2D eigenvalue weighted by Crippen LogP contribution is 2.30. The number of carbonyl (C=O) groups excluding carboxylic acids is 1. The summed E-state index contributed by atoms with van der Waals surface area (Å²) in [6.45, 7) is 1.64. The number of carboxylic acids is 1. The van der Waals surface area contributed by atoms with E-state index in [1.807, 2.05) is 0 Å². The second kappa shape index (κ2) is 6.43. The van der Waals surface area contributed by atoms with Crippen molar-refractivity contribution in [3.63, 3.8) is 0 Å². The summed E-state index contributed by atoms with van der Waals surface area (Å²) in [5.41, 5.74) is 1.40. The summed E-state index contributed by atoms with van der Waals surface area (Å²) in [6.07, 6.45) is 1.27. The Bertz CT molecular complexity index is 1110. The lowest BCUT2D eigenvalue weighted by molar-refractivity contribution is -0.136. The SMILES string of the molecule is Cc1c(CCC(=O)O)c2cc(S(=O)(=O)O)ccc2n1C(=O)c1ccco1. The molecule has 2 heterocycles. The summed E-state index contributed by atoms with van der Waals surface area (Å²) < 4.78 is 38.6. The van der Waals surface area contributed by atoms with Crippen molar-refractivity contribution in [2.24, 2.45) is 0 Å². The standard InChI is InChI=1S/C17H15NO7S/c1-10-12(5-7-16(19)20)13-9-11(26(22,23)24)4-6-14(13)18(10)17(21)15-3-2-8-25-15/h2-4,6,8-9H,5,7H2,1H3,(H,19,20)(H,22,23,24). The molecule has 0 atom stereocenters. The number of carboxylic acid groups (broad SMARTS) is 1. The number of hydrogen-bond donors (Lipinski definition) is 2. The van der Waals surface area contributed by atoms with Crippen LogP contribution >= 0.6 is 0 Å². The maximum absolute atomic E-state index is 12.8. The van der Waals surface area contributed by atoms with Gasteiger partial charge in [0.1, 0.15) is 0 Å². The maximum atomic E-state index is 12.8. The number of nitrogens with zero attached hydrogens (tertiary/aromatic N) is 1. The number of furan rings is 1. The van der Waals surface area contributed by atoms with Crippen molar-refractivity contribution in [3.8, 4) is 0 Å². The molecule has 0 aliphatic heterocycles. The van der Waals surface area contributed by atoms with Crippen molar-refractivity contribution in [1.29, 1.82) is 0 Å². The van der Waals surface area contributed by atoms with E-state index >= 15 is 0 Å². The first-order chi connectivity index (χ1) is 12.2. The average molecular weight is 377 g/mol. The van der Waals surface area contributed by atoms with E-state index in [0.717, 1.165) is 0 Å². The minimum absolute atomic E-state index is 0.0913. The Kier molecular flexibility index (Phi) is 4.43. The number of aryl methyl sites for hydroxylation is 1. The quantitative estimate of drug-likeness (QED) is 0.654. The van der Waals surface area contributed by atoms with Crippen LogP contribution in [0, 0.1) is 6.92 Å². The Morgan fingerprint density at radius 1 is 1.23 bits per heavy atom. The number of aliphatic carboxylic acids is 1. The van der Waals surface area contributed by atoms with Gasteiger partial charge in [0.25, 0.3) is 16.0 Å². The van der Waals surface area contributed by atoms with Crippen molar-refractivity contribution in [2.75, 3.05) is 0 Å². The Hall–Kier alpha value is -2.91. The largest absolute Gasteiger partial charge is 0.481 e. The molecule has 0 aliphatic carbocycles. The summed E-state index contributed by atoms with van der Waals surface area (Å²) in [4.78, 5) is 23.4. The van der Waals surface area contributed by atoms with Crippen LogP contribution in [0.3, 0.4) is 0 Å². The van der Waals surface area contributed by atoms with Crippen LogP contribution in [0.1, 0.15) is 28.2 Å². The van der Waals surface area contributed by atoms with Crippen LogP contribution in [0.15, 0.2) is 45.9 Å². The molecular formula is C17H15NO7S. The van der Waals surface area contributed by atoms with Gasteiger partial charge >= 0.3 is 5.97 Å². The number of carbonyl (C=O) groups is 2. The number of benzene rings is 1. The highest BCUT2D eigenvalue weighted by atomic mass is 32.2. The smallest absolute Gasteiger partial charge is 0.303 e. The molecular weight excluding hydrogens is 362 g/mol. The molecule has 136 valence electrons. The molecule has 3 aromatic rings. The molecule has 0 saturated heterocycles. The lowest BCUT2D eigenvalue weighted by Gasteiger charge is -2.05. The van der Waals surface area contributed by atoms with E-state index in [1.165, 1.54) is 35.1 Å². The second-order valence-corrected chi connectivity index (χ2v) is 7.15. The molecule has 0 bridgehead atoms. The highest BCUT2D eigenvalue weighted by Gasteiger charge is 2.23. The van der Waals surface area contributed by atoms with E-state index in [1.54, 1.807) is 13.0 Å². The van der Waals surface area contributed by atoms with E-state index < -0.39 is 22.0 Å². The van der Waals surface area contributed by atoms with Crippen LogP contribution in [0.4, 0.5) is 0 Å². The first-order valence-corrected chi connectivity index (χ1v) is 9.05. The predicted octanol–water partition coefficient (Wildman–Crippen LogP) is 2.50. The van der Waals surface area contributed by atoms with Crippen LogP contribution in [-0.2, 0) is 21.3 Å². The molecule has 3 rings (SSSR count). The van der Waals surface area contributed by atoms with Gasteiger partial charge in [-0.25, -0.2) is 0 Å². The van der Waals surface area contributed by atoms with Gasteiger partial charge in [0, 0.05) is 17.5 Å². The number of fused-ring (bicyclic) bond motifs is 1. The summed E-state index contributed by atoms with van der Waals surface area (Å²) in [6, 6.07) is 6.88. The van der Waals surface area contributed by atoms with Crippen molar-refractivity contribution in [1.82, 2.24) is 4.57 Å². The van der Waals surface area contributed by atoms with Gasteiger partial charge in [-0.05, 0) is 49.2 Å². The van der Waals surface area contributed by atoms with Crippen LogP contribution in [0.2, 0.25) is 0 Å². The molecule has 2 N–H and O–H groups in total. The van der Waals surface area contributed by atoms with E-state index in [-0.39, 0.29) is 23.5 Å². The van der Waals surface area contributed by atoms with Crippen LogP contribution < -0.4 is 0 Å². The van der Waals surface area contributed by atoms with Gasteiger partial charge in [0.2, 0.25) is 0 Å². The molecule has 0 saturated carbocycles. The molecule has 0 unspecified atom stereocenters. The fraction of sp³-hybridized carbons (Fsp3) is 0.176. The third-order valence-electron chi connectivity index (χ3n) is 4.13. The van der Waals surface area contributed by atoms with Gasteiger partial charge in [-0.15, -0.1) is 0 Å². The first-order valence-electron chi connectivity index (χ1n) is 7.61. The van der Waals surface area contributed by atoms with E-state index in [9.17, 15) is 22.6 Å². The fourth-order valence-corrected chi connectivity index (χ4v) is 3.45. The molecule has 0 fully saturated rings. The minimum atomic E-state index is -4.44. The van der Waals surface area contributed by atoms with Crippen molar-refractivity contribution < 1.29 is 32.1 Å². The number of aromatic nitrogens is 1. The van der Waals surface area contributed by atoms with Gasteiger partial charge in [-0.2, -0.15) is 8.42 Å². The Morgan fingerprint density at radius 2 is 1.96 bits per heavy atom. The van der Waals surface area contributed by atoms with Gasteiger partial charge in [0.05, 0.1) is 16.7 Å². The summed E-state index contributed by atoms with van der Waals surface area (Å²) in [5.74, 6) is -1.39. The minimum Gasteiger partial charge on any atom is -0.481 e. The molecule has 8 nitrogen and oxygen atoms in total. The third kappa shape index (κ3) is 3.14. The van der Waals surface area contributed by atoms with E-state index in [0.29, 0.717) is 22.2 Å². The van der Waals surface area contributed by atoms with Gasteiger partial charge < -0.3 is 9.52 Å². The van der Waals surface area contributed by atoms with E-state index in [4.69, 9.17) is 9.52 Å². The average Bonchev–Trinajstić information content (AvgIpc) is 3.17. The fourth-order valence-electron chi connectivity index (χ4n) is 2.94. The first kappa shape index (κ1) is 17.9. The zero-order valence-corrected chi connectivity index (χ0v) is 14.5. The molecule has 0 radical (unpaired) electrons. The molecule has 9 heteroatoms. The van der Waals surface area contributed by atoms with Gasteiger partial charge in [-0.1, -0.05) is 0 Å². The number of hydrogen-bond acceptors (Lipinski definition) is 5. The van der Waals surface area contributed by atoms with Crippen molar-refractivity contribution in [3.05, 3.63) is 53.6 Å². The molecule has 2 aromatic heterocycles. The lowest BCUT2D eigenvalue weighted by atomic mass is 10.1. The molecule has 0 aliphatic rings. The monoisotopic (exact) mass is 377 g/mol. The van der Waals surface area contributed by atoms with Crippen LogP contribution in [0.5, 0.6) is 0 Å². The maximum Gasteiger partial charge on any atom is 0.303 e. The second-order valence-electron chi connectivity index (χ2n) is 5.73. The lowest BCUT2D eigenvalue weighted by Crippen LogP contribution is -2.13.